The third-order valence-corrected chi connectivity index (χ3v) is 2.88. The number of carbonyl (C=O) groups is 1. The van der Waals surface area contributed by atoms with Gasteiger partial charge in [0.2, 0.25) is 0 Å². The average molecular weight is 213 g/mol. The minimum atomic E-state index is -0.0712. The van der Waals surface area contributed by atoms with Crippen molar-refractivity contribution >= 4 is 5.97 Å². The monoisotopic (exact) mass is 213 g/mol. The van der Waals surface area contributed by atoms with Gasteiger partial charge in [-0.05, 0) is 26.3 Å². The van der Waals surface area contributed by atoms with Crippen LogP contribution in [0, 0.1) is 0 Å². The second-order valence-corrected chi connectivity index (χ2v) is 4.17. The third-order valence-electron chi connectivity index (χ3n) is 2.88. The van der Waals surface area contributed by atoms with Crippen LogP contribution >= 0.6 is 0 Å². The summed E-state index contributed by atoms with van der Waals surface area (Å²) in [6.07, 6.45) is 8.42. The van der Waals surface area contributed by atoms with Gasteiger partial charge in [-0.15, -0.1) is 0 Å². The highest BCUT2D eigenvalue weighted by atomic mass is 16.5. The fourth-order valence-corrected chi connectivity index (χ4v) is 2.00. The molecule has 3 nitrogen and oxygen atoms in total. The maximum absolute atomic E-state index is 11.6. The Balaban J connectivity index is 2.34. The predicted molar refractivity (Wildman–Crippen MR) is 60.7 cm³/mol. The third kappa shape index (κ3) is 5.17. The number of hydrogen-bond donors (Lipinski definition) is 1. The van der Waals surface area contributed by atoms with Crippen LogP contribution in [-0.4, -0.2) is 25.2 Å². The van der Waals surface area contributed by atoms with Crippen molar-refractivity contribution < 1.29 is 9.53 Å². The van der Waals surface area contributed by atoms with E-state index in [0.29, 0.717) is 6.61 Å². The Labute approximate surface area is 92.6 Å². The van der Waals surface area contributed by atoms with E-state index in [1.54, 1.807) is 0 Å². The van der Waals surface area contributed by atoms with Gasteiger partial charge < -0.3 is 10.1 Å². The summed E-state index contributed by atoms with van der Waals surface area (Å²) in [5.74, 6) is -0.0712. The zero-order valence-electron chi connectivity index (χ0n) is 9.76. The van der Waals surface area contributed by atoms with E-state index in [1.165, 1.54) is 32.1 Å². The van der Waals surface area contributed by atoms with E-state index in [1.807, 2.05) is 6.92 Å². The number of nitrogens with one attached hydrogen (secondary N) is 1. The van der Waals surface area contributed by atoms with Gasteiger partial charge >= 0.3 is 5.97 Å². The van der Waals surface area contributed by atoms with Crippen molar-refractivity contribution in [2.45, 2.75) is 57.9 Å². The highest BCUT2D eigenvalue weighted by molar-refractivity contribution is 5.75. The highest BCUT2D eigenvalue weighted by Gasteiger charge is 2.18. The molecule has 1 heterocycles. The molecule has 0 bridgehead atoms. The molecule has 0 spiro atoms. The first-order chi connectivity index (χ1) is 7.34. The molecule has 0 aromatic heterocycles. The topological polar surface area (TPSA) is 38.3 Å². The number of ether oxygens (including phenoxy) is 1. The summed E-state index contributed by atoms with van der Waals surface area (Å²) in [4.78, 5) is 11.6. The van der Waals surface area contributed by atoms with E-state index in [4.69, 9.17) is 4.74 Å². The zero-order chi connectivity index (χ0) is 10.9. The lowest BCUT2D eigenvalue weighted by Gasteiger charge is -2.18. The van der Waals surface area contributed by atoms with Crippen molar-refractivity contribution in [3.05, 3.63) is 0 Å². The highest BCUT2D eigenvalue weighted by Crippen LogP contribution is 2.11. The van der Waals surface area contributed by atoms with Gasteiger partial charge in [-0.25, -0.2) is 0 Å². The van der Waals surface area contributed by atoms with E-state index in [-0.39, 0.29) is 12.0 Å². The summed E-state index contributed by atoms with van der Waals surface area (Å²) in [5.41, 5.74) is 0. The fourth-order valence-electron chi connectivity index (χ4n) is 2.00. The molecule has 15 heavy (non-hydrogen) atoms. The first-order valence-corrected chi connectivity index (χ1v) is 6.24. The first kappa shape index (κ1) is 12.5. The van der Waals surface area contributed by atoms with Crippen LogP contribution in [0.25, 0.3) is 0 Å². The lowest BCUT2D eigenvalue weighted by molar-refractivity contribution is -0.145. The van der Waals surface area contributed by atoms with Crippen molar-refractivity contribution in [1.29, 1.82) is 0 Å². The van der Waals surface area contributed by atoms with Gasteiger partial charge in [0.25, 0.3) is 0 Å². The van der Waals surface area contributed by atoms with Gasteiger partial charge in [0.15, 0.2) is 0 Å². The molecule has 1 fully saturated rings. The molecule has 1 aliphatic heterocycles. The predicted octanol–water partition coefficient (Wildman–Crippen LogP) is 2.25. The van der Waals surface area contributed by atoms with Crippen molar-refractivity contribution in [2.75, 3.05) is 13.2 Å². The Bertz CT molecular complexity index is 172. The van der Waals surface area contributed by atoms with E-state index >= 15 is 0 Å². The maximum Gasteiger partial charge on any atom is 0.323 e. The van der Waals surface area contributed by atoms with Gasteiger partial charge in [0.05, 0.1) is 6.61 Å². The first-order valence-electron chi connectivity index (χ1n) is 6.24. The Morgan fingerprint density at radius 1 is 1.20 bits per heavy atom. The van der Waals surface area contributed by atoms with Crippen LogP contribution in [0.5, 0.6) is 0 Å². The fraction of sp³-hybridized carbons (Fsp3) is 0.917. The molecular weight excluding hydrogens is 190 g/mol. The van der Waals surface area contributed by atoms with Crippen LogP contribution < -0.4 is 5.32 Å². The summed E-state index contributed by atoms with van der Waals surface area (Å²) in [7, 11) is 0. The molecule has 0 radical (unpaired) electrons. The van der Waals surface area contributed by atoms with Crippen molar-refractivity contribution in [3.63, 3.8) is 0 Å². The van der Waals surface area contributed by atoms with E-state index in [9.17, 15) is 4.79 Å². The van der Waals surface area contributed by atoms with Crippen LogP contribution in [0.15, 0.2) is 0 Å². The number of carbonyl (C=O) groups excluding carboxylic acids is 1. The summed E-state index contributed by atoms with van der Waals surface area (Å²) in [5, 5.41) is 3.30. The number of rotatable bonds is 2. The largest absolute Gasteiger partial charge is 0.465 e. The summed E-state index contributed by atoms with van der Waals surface area (Å²) in [6, 6.07) is -0.0666. The van der Waals surface area contributed by atoms with Gasteiger partial charge in [-0.2, -0.15) is 0 Å². The van der Waals surface area contributed by atoms with Crippen LogP contribution in [0.3, 0.4) is 0 Å². The average Bonchev–Trinajstić information content (AvgIpc) is 2.26. The molecule has 1 saturated heterocycles. The lowest BCUT2D eigenvalue weighted by Crippen LogP contribution is -2.38. The van der Waals surface area contributed by atoms with Gasteiger partial charge in [-0.1, -0.05) is 32.1 Å². The Morgan fingerprint density at radius 2 is 1.87 bits per heavy atom. The normalized spacial score (nSPS) is 24.5. The van der Waals surface area contributed by atoms with Gasteiger partial charge in [0, 0.05) is 0 Å². The second kappa shape index (κ2) is 7.69. The summed E-state index contributed by atoms with van der Waals surface area (Å²) in [6.45, 7) is 3.29. The molecule has 3 heteroatoms. The smallest absolute Gasteiger partial charge is 0.323 e. The molecule has 0 aliphatic carbocycles. The minimum Gasteiger partial charge on any atom is -0.465 e. The van der Waals surface area contributed by atoms with Crippen molar-refractivity contribution in [2.24, 2.45) is 0 Å². The molecule has 1 aliphatic rings. The second-order valence-electron chi connectivity index (χ2n) is 4.17. The van der Waals surface area contributed by atoms with Gasteiger partial charge in [-0.3, -0.25) is 4.79 Å². The van der Waals surface area contributed by atoms with Crippen LogP contribution in [0.4, 0.5) is 0 Å². The van der Waals surface area contributed by atoms with Crippen molar-refractivity contribution in [1.82, 2.24) is 5.32 Å². The SMILES string of the molecule is CCOC(=O)C1CCCCCCCCN1. The van der Waals surface area contributed by atoms with Crippen molar-refractivity contribution in [3.8, 4) is 0 Å². The van der Waals surface area contributed by atoms with E-state index in [0.717, 1.165) is 19.4 Å². The molecule has 0 aromatic carbocycles. The molecule has 0 amide bonds. The molecule has 0 aromatic rings. The molecule has 1 atom stereocenters. The lowest BCUT2D eigenvalue weighted by atomic mass is 10.0. The minimum absolute atomic E-state index is 0.0666. The Morgan fingerprint density at radius 3 is 2.60 bits per heavy atom. The summed E-state index contributed by atoms with van der Waals surface area (Å²) >= 11 is 0. The molecule has 1 rings (SSSR count). The molecule has 88 valence electrons. The van der Waals surface area contributed by atoms with E-state index < -0.39 is 0 Å². The zero-order valence-corrected chi connectivity index (χ0v) is 9.76. The molecule has 0 saturated carbocycles. The summed E-state index contributed by atoms with van der Waals surface area (Å²) < 4.78 is 5.05. The Kier molecular flexibility index (Phi) is 6.41. The van der Waals surface area contributed by atoms with Gasteiger partial charge in [0.1, 0.15) is 6.04 Å². The number of esters is 1. The van der Waals surface area contributed by atoms with Crippen LogP contribution in [0.1, 0.15) is 51.9 Å². The molecule has 1 N–H and O–H groups in total. The molecular formula is C12H23NO2. The quantitative estimate of drug-likeness (QED) is 0.715. The standard InChI is InChI=1S/C12H23NO2/c1-2-15-12(14)11-9-7-5-3-4-6-8-10-13-11/h11,13H,2-10H2,1H3. The Hall–Kier alpha value is -0.570. The number of hydrogen-bond acceptors (Lipinski definition) is 3. The van der Waals surface area contributed by atoms with E-state index in [2.05, 4.69) is 5.32 Å². The maximum atomic E-state index is 11.6. The van der Waals surface area contributed by atoms with Crippen LogP contribution in [0.2, 0.25) is 0 Å². The van der Waals surface area contributed by atoms with Crippen LogP contribution in [-0.2, 0) is 9.53 Å². The molecule has 1 unspecified atom stereocenters.